The van der Waals surface area contributed by atoms with E-state index in [-0.39, 0.29) is 44.5 Å². The van der Waals surface area contributed by atoms with E-state index in [1.54, 1.807) is 6.92 Å². The van der Waals surface area contributed by atoms with Gasteiger partial charge in [-0.2, -0.15) is 6.92 Å². The first-order chi connectivity index (χ1) is 10.1. The van der Waals surface area contributed by atoms with Crippen LogP contribution in [0, 0.1) is 13.8 Å². The molecule has 5 heteroatoms. The Balaban J connectivity index is 0. The van der Waals surface area contributed by atoms with E-state index >= 15 is 0 Å². The van der Waals surface area contributed by atoms with E-state index in [0.29, 0.717) is 12.3 Å². The van der Waals surface area contributed by atoms with Gasteiger partial charge in [-0.25, -0.2) is 0 Å². The summed E-state index contributed by atoms with van der Waals surface area (Å²) in [6, 6.07) is 0. The van der Waals surface area contributed by atoms with Crippen LogP contribution in [0.5, 0.6) is 0 Å². The summed E-state index contributed by atoms with van der Waals surface area (Å²) in [6.45, 7) is 13.0. The van der Waals surface area contributed by atoms with Gasteiger partial charge in [0, 0.05) is 50.1 Å². The predicted molar refractivity (Wildman–Crippen MR) is 87.5 cm³/mol. The predicted octanol–water partition coefficient (Wildman–Crippen LogP) is 5.14. The average molecular weight is 383 g/mol. The maximum absolute atomic E-state index is 11.3. The van der Waals surface area contributed by atoms with Crippen molar-refractivity contribution in [1.29, 1.82) is 0 Å². The van der Waals surface area contributed by atoms with Gasteiger partial charge in [0.05, 0.1) is 11.6 Å². The Morgan fingerprint density at radius 3 is 2.36 bits per heavy atom. The van der Waals surface area contributed by atoms with Gasteiger partial charge in [-0.3, -0.25) is 0 Å². The number of rotatable bonds is 4. The molecule has 0 bridgehead atoms. The zero-order valence-corrected chi connectivity index (χ0v) is 17.8. The fourth-order valence-corrected chi connectivity index (χ4v) is 2.32. The van der Waals surface area contributed by atoms with Crippen LogP contribution in [0.4, 0.5) is 0 Å². The van der Waals surface area contributed by atoms with Gasteiger partial charge in [0.2, 0.25) is 0 Å². The van der Waals surface area contributed by atoms with Gasteiger partial charge in [0.25, 0.3) is 0 Å². The minimum absolute atomic E-state index is 0. The van der Waals surface area contributed by atoms with Crippen LogP contribution in [0.1, 0.15) is 82.2 Å². The third kappa shape index (κ3) is 6.49. The molecule has 22 heavy (non-hydrogen) atoms. The molecule has 1 heterocycles. The van der Waals surface area contributed by atoms with E-state index in [1.807, 2.05) is 27.7 Å². The summed E-state index contributed by atoms with van der Waals surface area (Å²) in [5, 5.41) is 7.79. The molecule has 1 amide bonds. The molecule has 0 aromatic carbocycles. The van der Waals surface area contributed by atoms with Crippen LogP contribution in [0.15, 0.2) is 4.52 Å². The molecular weight excluding hydrogens is 353 g/mol. The van der Waals surface area contributed by atoms with Gasteiger partial charge in [0.15, 0.2) is 0 Å². The standard InChI is InChI=1S/C13H20N2O2.C2H6.C2H5.Y/c1-8(7-11(16)14-3)12-9(2)13(17-15-12)10-5-4-6-10;2*1-2;/h8,10H,4-7H2,1-3H3,(H,14,16);1-2H3;1H2,2H3;/q;;-1;/p-1. The van der Waals surface area contributed by atoms with Crippen molar-refractivity contribution in [2.24, 2.45) is 0 Å². The molecule has 1 aromatic rings. The number of carbonyl (C=O) groups is 1. The molecule has 1 aliphatic rings. The minimum atomic E-state index is -0.0786. The fourth-order valence-electron chi connectivity index (χ4n) is 2.32. The molecule has 4 nitrogen and oxygen atoms in total. The monoisotopic (exact) mass is 383 g/mol. The summed E-state index contributed by atoms with van der Waals surface area (Å²) < 4.78 is 5.44. The van der Waals surface area contributed by atoms with E-state index in [0.717, 1.165) is 17.0 Å². The topological polar surface area (TPSA) is 57.2 Å². The molecule has 2 rings (SSSR count). The first kappa shape index (κ1) is 24.0. The Morgan fingerprint density at radius 1 is 1.41 bits per heavy atom. The summed E-state index contributed by atoms with van der Waals surface area (Å²) >= 11 is 0. The van der Waals surface area contributed by atoms with Crippen molar-refractivity contribution in [3.8, 4) is 0 Å². The van der Waals surface area contributed by atoms with Gasteiger partial charge in [-0.15, -0.1) is 7.05 Å². The van der Waals surface area contributed by atoms with Crippen molar-refractivity contribution in [1.82, 2.24) is 5.16 Å². The number of hydrogen-bond donors (Lipinski definition) is 0. The average Bonchev–Trinajstić information content (AvgIpc) is 2.83. The maximum atomic E-state index is 11.3. The Bertz CT molecular complexity index is 415. The molecule has 0 saturated heterocycles. The summed E-state index contributed by atoms with van der Waals surface area (Å²) in [5.74, 6) is 1.59. The van der Waals surface area contributed by atoms with Crippen LogP contribution in [-0.4, -0.2) is 18.1 Å². The van der Waals surface area contributed by atoms with Crippen molar-refractivity contribution in [3.63, 3.8) is 0 Å². The Kier molecular flexibility index (Phi) is 14.5. The Labute approximate surface area is 161 Å². The third-order valence-corrected chi connectivity index (χ3v) is 3.67. The van der Waals surface area contributed by atoms with Crippen molar-refractivity contribution in [2.45, 2.75) is 72.1 Å². The fraction of sp³-hybridized carbons (Fsp3) is 0.706. The second-order valence-electron chi connectivity index (χ2n) is 4.91. The molecule has 1 unspecified atom stereocenters. The Morgan fingerprint density at radius 2 is 1.95 bits per heavy atom. The zero-order valence-electron chi connectivity index (χ0n) is 15.0. The van der Waals surface area contributed by atoms with Gasteiger partial charge < -0.3 is 21.6 Å². The molecule has 0 N–H and O–H groups in total. The summed E-state index contributed by atoms with van der Waals surface area (Å²) in [7, 11) is 1.53. The van der Waals surface area contributed by atoms with Gasteiger partial charge in [0.1, 0.15) is 5.76 Å². The molecule has 1 aromatic heterocycles. The molecule has 1 aliphatic carbocycles. The number of hydrogen-bond acceptors (Lipinski definition) is 3. The quantitative estimate of drug-likeness (QED) is 0.677. The maximum Gasteiger partial charge on any atom is 0.142 e. The van der Waals surface area contributed by atoms with Crippen molar-refractivity contribution in [3.05, 3.63) is 29.3 Å². The number of amides is 1. The summed E-state index contributed by atoms with van der Waals surface area (Å²) in [4.78, 5) is 11.3. The molecule has 1 fully saturated rings. The third-order valence-electron chi connectivity index (χ3n) is 3.67. The van der Waals surface area contributed by atoms with Gasteiger partial charge in [-0.1, -0.05) is 32.3 Å². The van der Waals surface area contributed by atoms with Crippen LogP contribution < -0.4 is 0 Å². The van der Waals surface area contributed by atoms with E-state index in [4.69, 9.17) is 4.52 Å². The number of nitrogens with zero attached hydrogens (tertiary/aromatic N) is 2. The van der Waals surface area contributed by atoms with E-state index < -0.39 is 0 Å². The van der Waals surface area contributed by atoms with Crippen molar-refractivity contribution >= 4 is 5.91 Å². The van der Waals surface area contributed by atoms with Crippen LogP contribution in [-0.2, 0) is 37.5 Å². The van der Waals surface area contributed by atoms with Crippen LogP contribution >= 0.6 is 0 Å². The molecule has 1 radical (unpaired) electrons. The smallest absolute Gasteiger partial charge is 0.142 e. The van der Waals surface area contributed by atoms with Crippen LogP contribution in [0.3, 0.4) is 0 Å². The molecule has 125 valence electrons. The van der Waals surface area contributed by atoms with Crippen LogP contribution in [0.2, 0.25) is 0 Å². The molecule has 1 atom stereocenters. The number of aromatic nitrogens is 1. The summed E-state index contributed by atoms with van der Waals surface area (Å²) in [6.07, 6.45) is 4.09. The SMILES string of the molecule is CC.C[N-]C(=O)CC(C)c1noc(C2CCC2)c1C.[CH2-]C.[Y]. The normalized spacial score (nSPS) is 14.1. The first-order valence-corrected chi connectivity index (χ1v) is 7.93. The van der Waals surface area contributed by atoms with E-state index in [9.17, 15) is 4.79 Å². The van der Waals surface area contributed by atoms with E-state index in [1.165, 1.54) is 26.3 Å². The first-order valence-electron chi connectivity index (χ1n) is 7.93. The van der Waals surface area contributed by atoms with Crippen molar-refractivity contribution < 1.29 is 42.0 Å². The molecular formula is C17H30N2O2Y-2. The van der Waals surface area contributed by atoms with E-state index in [2.05, 4.69) is 17.4 Å². The van der Waals surface area contributed by atoms with Gasteiger partial charge in [-0.05, 0) is 26.2 Å². The second-order valence-corrected chi connectivity index (χ2v) is 4.91. The van der Waals surface area contributed by atoms with Crippen LogP contribution in [0.25, 0.3) is 5.32 Å². The zero-order chi connectivity index (χ0) is 16.4. The second kappa shape index (κ2) is 13.2. The largest absolute Gasteiger partial charge is 0.656 e. The minimum Gasteiger partial charge on any atom is -0.656 e. The number of carbonyl (C=O) groups excluding carboxylic acids is 1. The van der Waals surface area contributed by atoms with Crippen molar-refractivity contribution in [2.75, 3.05) is 7.05 Å². The molecule has 0 aliphatic heterocycles. The van der Waals surface area contributed by atoms with Gasteiger partial charge >= 0.3 is 0 Å². The Hall–Kier alpha value is -0.216. The molecule has 0 spiro atoms. The summed E-state index contributed by atoms with van der Waals surface area (Å²) in [5.41, 5.74) is 2.05. The molecule has 1 saturated carbocycles.